The topological polar surface area (TPSA) is 23.1 Å². The Morgan fingerprint density at radius 2 is 1.29 bits per heavy atom. The van der Waals surface area contributed by atoms with Crippen molar-refractivity contribution in [3.8, 4) is 0 Å². The van der Waals surface area contributed by atoms with Crippen LogP contribution in [-0.4, -0.2) is 46.8 Å². The summed E-state index contributed by atoms with van der Waals surface area (Å²) in [6.07, 6.45) is 9.86. The van der Waals surface area contributed by atoms with Crippen molar-refractivity contribution >= 4 is 0 Å². The van der Waals surface area contributed by atoms with Crippen molar-refractivity contribution in [2.45, 2.75) is 98.1 Å². The predicted octanol–water partition coefficient (Wildman–Crippen LogP) is 5.35. The zero-order valence-electron chi connectivity index (χ0n) is 17.5. The van der Waals surface area contributed by atoms with Crippen molar-refractivity contribution < 1.29 is 9.69 Å². The molecule has 0 aromatic heterocycles. The van der Waals surface area contributed by atoms with Gasteiger partial charge in [-0.2, -0.15) is 0 Å². The molecule has 0 aromatic carbocycles. The fraction of sp³-hybridized carbons (Fsp3) is 0.905. The average Bonchev–Trinajstić information content (AvgIpc) is 2.68. The van der Waals surface area contributed by atoms with E-state index in [0.717, 1.165) is 6.54 Å². The van der Waals surface area contributed by atoms with E-state index in [1.54, 1.807) is 0 Å². The summed E-state index contributed by atoms with van der Waals surface area (Å²) in [7, 11) is 0. The normalized spacial score (nSPS) is 20.4. The molecule has 1 heterocycles. The van der Waals surface area contributed by atoms with Gasteiger partial charge in [-0.05, 0) is 47.0 Å². The van der Waals surface area contributed by atoms with Crippen LogP contribution in [-0.2, 0) is 5.21 Å². The first-order valence-electron chi connectivity index (χ1n) is 10.2. The van der Waals surface area contributed by atoms with Crippen LogP contribution in [0.1, 0.15) is 87.0 Å². The Hall–Kier alpha value is -0.380. The zero-order chi connectivity index (χ0) is 18.4. The molecule has 0 N–H and O–H groups in total. The molecule has 0 atom stereocenters. The molecule has 0 fully saturated rings. The first kappa shape index (κ1) is 21.7. The van der Waals surface area contributed by atoms with Crippen LogP contribution in [0.25, 0.3) is 0 Å². The Morgan fingerprint density at radius 3 is 1.58 bits per heavy atom. The Kier molecular flexibility index (Phi) is 7.96. The summed E-state index contributed by atoms with van der Waals surface area (Å²) in [6, 6.07) is 0. The minimum atomic E-state index is -0.380. The lowest BCUT2D eigenvalue weighted by Gasteiger charge is -2.42. The molecule has 1 aliphatic heterocycles. The van der Waals surface area contributed by atoms with E-state index in [1.165, 1.54) is 73.3 Å². The van der Waals surface area contributed by atoms with Crippen LogP contribution in [0.4, 0.5) is 0 Å². The minimum Gasteiger partial charge on any atom is -0.320 e. The Balaban J connectivity index is 3.08. The van der Waals surface area contributed by atoms with Crippen LogP contribution >= 0.6 is 0 Å². The third kappa shape index (κ3) is 5.06. The molecule has 1 rings (SSSR count). The van der Waals surface area contributed by atoms with Gasteiger partial charge in [0, 0.05) is 5.57 Å². The SMILES string of the molecule is CCCC[N+](CCCC)(CCCC)CC1=CC(C)(C)N([O])C1(C)C. The van der Waals surface area contributed by atoms with E-state index in [4.69, 9.17) is 0 Å². The van der Waals surface area contributed by atoms with Crippen LogP contribution in [0.2, 0.25) is 0 Å². The van der Waals surface area contributed by atoms with E-state index < -0.39 is 0 Å². The van der Waals surface area contributed by atoms with Gasteiger partial charge >= 0.3 is 0 Å². The molecular weight excluding hydrogens is 296 g/mol. The van der Waals surface area contributed by atoms with Gasteiger partial charge < -0.3 is 4.48 Å². The molecule has 0 bridgehead atoms. The molecule has 0 spiro atoms. The van der Waals surface area contributed by atoms with Crippen LogP contribution in [0.15, 0.2) is 11.6 Å². The quantitative estimate of drug-likeness (QED) is 0.368. The van der Waals surface area contributed by atoms with Crippen LogP contribution in [0, 0.1) is 0 Å². The van der Waals surface area contributed by atoms with Gasteiger partial charge in [-0.3, -0.25) is 0 Å². The molecule has 0 unspecified atom stereocenters. The standard InChI is InChI=1S/C21H42N2O/c1-8-11-14-23(15-12-9-2,16-13-10-3)18-19-17-20(4,5)22(24)21(19,6)7/h17H,8-16,18H2,1-7H3/q+1. The predicted molar refractivity (Wildman–Crippen MR) is 103 cm³/mol. The first-order chi connectivity index (χ1) is 11.1. The third-order valence-corrected chi connectivity index (χ3v) is 5.81. The summed E-state index contributed by atoms with van der Waals surface area (Å²) in [5.41, 5.74) is 0.595. The Bertz CT molecular complexity index is 390. The monoisotopic (exact) mass is 338 g/mol. The molecule has 0 aliphatic carbocycles. The van der Waals surface area contributed by atoms with Gasteiger partial charge in [0.2, 0.25) is 0 Å². The molecule has 0 saturated heterocycles. The lowest BCUT2D eigenvalue weighted by atomic mass is 9.94. The molecule has 3 nitrogen and oxygen atoms in total. The fourth-order valence-corrected chi connectivity index (χ4v) is 4.17. The van der Waals surface area contributed by atoms with Gasteiger partial charge in [0.15, 0.2) is 0 Å². The number of hydrogen-bond acceptors (Lipinski definition) is 1. The second-order valence-corrected chi connectivity index (χ2v) is 8.91. The number of hydroxylamine groups is 2. The number of quaternary nitrogens is 1. The van der Waals surface area contributed by atoms with Crippen molar-refractivity contribution in [1.82, 2.24) is 5.06 Å². The maximum absolute atomic E-state index is 12.7. The van der Waals surface area contributed by atoms with Crippen molar-refractivity contribution in [3.05, 3.63) is 11.6 Å². The van der Waals surface area contributed by atoms with Crippen molar-refractivity contribution in [2.75, 3.05) is 26.2 Å². The van der Waals surface area contributed by atoms with Gasteiger partial charge in [0.25, 0.3) is 0 Å². The Morgan fingerprint density at radius 1 is 0.875 bits per heavy atom. The summed E-state index contributed by atoms with van der Waals surface area (Å²) in [6.45, 7) is 20.0. The average molecular weight is 339 g/mol. The molecule has 1 radical (unpaired) electrons. The van der Waals surface area contributed by atoms with Crippen LogP contribution < -0.4 is 0 Å². The van der Waals surface area contributed by atoms with Crippen molar-refractivity contribution in [2.24, 2.45) is 0 Å². The molecule has 24 heavy (non-hydrogen) atoms. The molecule has 3 heteroatoms. The summed E-state index contributed by atoms with van der Waals surface area (Å²) in [5.74, 6) is 0. The second-order valence-electron chi connectivity index (χ2n) is 8.91. The van der Waals surface area contributed by atoms with E-state index in [2.05, 4.69) is 40.7 Å². The summed E-state index contributed by atoms with van der Waals surface area (Å²) < 4.78 is 1.18. The highest BCUT2D eigenvalue weighted by molar-refractivity contribution is 5.30. The van der Waals surface area contributed by atoms with Crippen molar-refractivity contribution in [3.63, 3.8) is 0 Å². The van der Waals surface area contributed by atoms with E-state index in [-0.39, 0.29) is 11.1 Å². The number of nitrogens with zero attached hydrogens (tertiary/aromatic N) is 2. The van der Waals surface area contributed by atoms with Crippen LogP contribution in [0.5, 0.6) is 0 Å². The second kappa shape index (κ2) is 8.82. The van der Waals surface area contributed by atoms with Gasteiger partial charge in [0.1, 0.15) is 6.54 Å². The van der Waals surface area contributed by atoms with Gasteiger partial charge in [0.05, 0.1) is 30.7 Å². The molecule has 141 valence electrons. The van der Waals surface area contributed by atoms with E-state index in [9.17, 15) is 5.21 Å². The highest BCUT2D eigenvalue weighted by atomic mass is 16.5. The third-order valence-electron chi connectivity index (χ3n) is 5.81. The van der Waals surface area contributed by atoms with Crippen LogP contribution in [0.3, 0.4) is 0 Å². The van der Waals surface area contributed by atoms with Gasteiger partial charge in [-0.15, -0.1) is 10.3 Å². The first-order valence-corrected chi connectivity index (χ1v) is 10.2. The number of hydrogen-bond donors (Lipinski definition) is 0. The number of unbranched alkanes of at least 4 members (excludes halogenated alkanes) is 3. The molecule has 0 aromatic rings. The zero-order valence-corrected chi connectivity index (χ0v) is 17.5. The van der Waals surface area contributed by atoms with Crippen molar-refractivity contribution in [1.29, 1.82) is 0 Å². The maximum atomic E-state index is 12.7. The molecule has 1 aliphatic rings. The van der Waals surface area contributed by atoms with E-state index in [1.807, 2.05) is 13.8 Å². The summed E-state index contributed by atoms with van der Waals surface area (Å²) in [5, 5.41) is 14.1. The lowest BCUT2D eigenvalue weighted by molar-refractivity contribution is -0.924. The Labute approximate surface area is 151 Å². The molecule has 0 saturated carbocycles. The van der Waals surface area contributed by atoms with E-state index >= 15 is 0 Å². The largest absolute Gasteiger partial charge is 0.320 e. The fourth-order valence-electron chi connectivity index (χ4n) is 4.17. The smallest absolute Gasteiger partial charge is 0.102 e. The van der Waals surface area contributed by atoms with Gasteiger partial charge in [-0.25, -0.2) is 0 Å². The molecular formula is C21H42N2O+. The lowest BCUT2D eigenvalue weighted by Crippen LogP contribution is -2.54. The maximum Gasteiger partial charge on any atom is 0.102 e. The van der Waals surface area contributed by atoms with E-state index in [0.29, 0.717) is 0 Å². The summed E-state index contributed by atoms with van der Waals surface area (Å²) >= 11 is 0. The minimum absolute atomic E-state index is 0.377. The van der Waals surface area contributed by atoms with Gasteiger partial charge in [-0.1, -0.05) is 46.1 Å². The molecule has 0 amide bonds. The number of rotatable bonds is 11. The summed E-state index contributed by atoms with van der Waals surface area (Å²) in [4.78, 5) is 0. The highest BCUT2D eigenvalue weighted by Crippen LogP contribution is 2.40. The highest BCUT2D eigenvalue weighted by Gasteiger charge is 2.48.